The van der Waals surface area contributed by atoms with Crippen molar-refractivity contribution in [2.24, 2.45) is 11.7 Å². The molecule has 1 saturated heterocycles. The van der Waals surface area contributed by atoms with Gasteiger partial charge in [-0.05, 0) is 44.7 Å². The molecule has 0 spiro atoms. The highest BCUT2D eigenvalue weighted by Gasteiger charge is 2.25. The second kappa shape index (κ2) is 6.46. The van der Waals surface area contributed by atoms with Gasteiger partial charge in [0.15, 0.2) is 0 Å². The van der Waals surface area contributed by atoms with Gasteiger partial charge in [0.05, 0.1) is 13.2 Å². The molecule has 1 aliphatic heterocycles. The van der Waals surface area contributed by atoms with E-state index in [2.05, 4.69) is 11.0 Å². The van der Waals surface area contributed by atoms with E-state index in [9.17, 15) is 5.11 Å². The molecule has 4 nitrogen and oxygen atoms in total. The van der Waals surface area contributed by atoms with Crippen molar-refractivity contribution in [1.29, 1.82) is 0 Å². The highest BCUT2D eigenvalue weighted by Crippen LogP contribution is 2.35. The predicted molar refractivity (Wildman–Crippen MR) is 82.2 cm³/mol. The molecule has 1 aliphatic rings. The van der Waals surface area contributed by atoms with Crippen molar-refractivity contribution >= 4 is 5.69 Å². The number of hydrogen-bond donors (Lipinski definition) is 2. The molecule has 0 saturated carbocycles. The van der Waals surface area contributed by atoms with E-state index < -0.39 is 0 Å². The van der Waals surface area contributed by atoms with Crippen molar-refractivity contribution in [3.05, 3.63) is 23.8 Å². The zero-order chi connectivity index (χ0) is 14.7. The molecule has 0 bridgehead atoms. The summed E-state index contributed by atoms with van der Waals surface area (Å²) in [5, 5.41) is 9.70. The quantitative estimate of drug-likeness (QED) is 0.887. The minimum absolute atomic E-state index is 0.0596. The van der Waals surface area contributed by atoms with Gasteiger partial charge in [-0.25, -0.2) is 0 Å². The van der Waals surface area contributed by atoms with Gasteiger partial charge in [0.25, 0.3) is 0 Å². The Bertz CT molecular complexity index is 438. The molecular formula is C16H26N2O2. The topological polar surface area (TPSA) is 58.7 Å². The summed E-state index contributed by atoms with van der Waals surface area (Å²) in [4.78, 5) is 2.36. The first-order valence-electron chi connectivity index (χ1n) is 7.40. The summed E-state index contributed by atoms with van der Waals surface area (Å²) in [5.41, 5.74) is 8.37. The van der Waals surface area contributed by atoms with Crippen LogP contribution in [-0.4, -0.2) is 31.4 Å². The molecular weight excluding hydrogens is 252 g/mol. The molecule has 112 valence electrons. The maximum atomic E-state index is 9.70. The lowest BCUT2D eigenvalue weighted by molar-refractivity contribution is 0.110. The second-order valence-corrected chi connectivity index (χ2v) is 5.75. The fourth-order valence-electron chi connectivity index (χ4n) is 3.07. The number of nitrogens with two attached hydrogens (primary N) is 1. The summed E-state index contributed by atoms with van der Waals surface area (Å²) >= 11 is 0. The third-order valence-corrected chi connectivity index (χ3v) is 4.28. The third kappa shape index (κ3) is 3.07. The van der Waals surface area contributed by atoms with Gasteiger partial charge in [0.1, 0.15) is 5.75 Å². The number of anilines is 1. The van der Waals surface area contributed by atoms with Crippen molar-refractivity contribution in [2.45, 2.75) is 38.8 Å². The predicted octanol–water partition coefficient (Wildman–Crippen LogP) is 2.31. The molecule has 1 heterocycles. The number of aliphatic hydroxyl groups is 1. The van der Waals surface area contributed by atoms with Crippen LogP contribution in [0.4, 0.5) is 5.69 Å². The molecule has 0 aliphatic carbocycles. The summed E-state index contributed by atoms with van der Waals surface area (Å²) in [6.45, 7) is 5.80. The van der Waals surface area contributed by atoms with Crippen LogP contribution in [0.3, 0.4) is 0 Å². The Labute approximate surface area is 121 Å². The van der Waals surface area contributed by atoms with Crippen LogP contribution < -0.4 is 15.4 Å². The largest absolute Gasteiger partial charge is 0.496 e. The summed E-state index contributed by atoms with van der Waals surface area (Å²) in [5.74, 6) is 1.27. The normalized spacial score (nSPS) is 19.8. The van der Waals surface area contributed by atoms with Gasteiger partial charge in [-0.3, -0.25) is 0 Å². The Morgan fingerprint density at radius 1 is 1.30 bits per heavy atom. The average molecular weight is 278 g/mol. The SMILES string of the molecule is COc1cccc(N2CCC(C(C)O)CC2)c1[C@@H](C)N. The molecule has 1 fully saturated rings. The number of rotatable bonds is 4. The Balaban J connectivity index is 2.21. The van der Waals surface area contributed by atoms with E-state index in [0.29, 0.717) is 5.92 Å². The fourth-order valence-corrected chi connectivity index (χ4v) is 3.07. The van der Waals surface area contributed by atoms with E-state index in [0.717, 1.165) is 37.2 Å². The van der Waals surface area contributed by atoms with Gasteiger partial charge in [0, 0.05) is 30.4 Å². The van der Waals surface area contributed by atoms with Crippen molar-refractivity contribution in [2.75, 3.05) is 25.1 Å². The van der Waals surface area contributed by atoms with Gasteiger partial charge >= 0.3 is 0 Å². The first-order chi connectivity index (χ1) is 9.54. The van der Waals surface area contributed by atoms with E-state index in [1.165, 1.54) is 5.69 Å². The van der Waals surface area contributed by atoms with Crippen LogP contribution in [0.2, 0.25) is 0 Å². The zero-order valence-corrected chi connectivity index (χ0v) is 12.7. The van der Waals surface area contributed by atoms with Crippen LogP contribution >= 0.6 is 0 Å². The monoisotopic (exact) mass is 278 g/mol. The van der Waals surface area contributed by atoms with E-state index in [1.54, 1.807) is 7.11 Å². The Morgan fingerprint density at radius 3 is 2.45 bits per heavy atom. The van der Waals surface area contributed by atoms with Crippen molar-refractivity contribution < 1.29 is 9.84 Å². The van der Waals surface area contributed by atoms with Crippen LogP contribution in [-0.2, 0) is 0 Å². The van der Waals surface area contributed by atoms with Crippen LogP contribution in [0.5, 0.6) is 5.75 Å². The van der Waals surface area contributed by atoms with Crippen LogP contribution in [0.1, 0.15) is 38.3 Å². The number of methoxy groups -OCH3 is 1. The summed E-state index contributed by atoms with van der Waals surface area (Å²) < 4.78 is 5.45. The van der Waals surface area contributed by atoms with Gasteiger partial charge < -0.3 is 20.5 Å². The lowest BCUT2D eigenvalue weighted by Gasteiger charge is -2.36. The zero-order valence-electron chi connectivity index (χ0n) is 12.7. The molecule has 3 N–H and O–H groups in total. The second-order valence-electron chi connectivity index (χ2n) is 5.75. The highest BCUT2D eigenvalue weighted by atomic mass is 16.5. The molecule has 2 atom stereocenters. The van der Waals surface area contributed by atoms with Gasteiger partial charge in [-0.1, -0.05) is 6.07 Å². The molecule has 1 aromatic carbocycles. The maximum absolute atomic E-state index is 9.70. The number of benzene rings is 1. The van der Waals surface area contributed by atoms with E-state index >= 15 is 0 Å². The van der Waals surface area contributed by atoms with Gasteiger partial charge in [0.2, 0.25) is 0 Å². The first-order valence-corrected chi connectivity index (χ1v) is 7.40. The molecule has 0 amide bonds. The number of aliphatic hydroxyl groups excluding tert-OH is 1. The molecule has 2 rings (SSSR count). The van der Waals surface area contributed by atoms with Crippen LogP contribution in [0.25, 0.3) is 0 Å². The lowest BCUT2D eigenvalue weighted by atomic mass is 9.91. The highest BCUT2D eigenvalue weighted by molar-refractivity contribution is 5.61. The Morgan fingerprint density at radius 2 is 1.95 bits per heavy atom. The number of piperidine rings is 1. The smallest absolute Gasteiger partial charge is 0.125 e. The fraction of sp³-hybridized carbons (Fsp3) is 0.625. The molecule has 0 aromatic heterocycles. The van der Waals surface area contributed by atoms with Crippen molar-refractivity contribution in [3.63, 3.8) is 0 Å². The maximum Gasteiger partial charge on any atom is 0.125 e. The minimum atomic E-state index is -0.213. The molecule has 20 heavy (non-hydrogen) atoms. The summed E-state index contributed by atoms with van der Waals surface area (Å²) in [6, 6.07) is 6.03. The number of ether oxygens (including phenoxy) is 1. The Kier molecular flexibility index (Phi) is 4.89. The standard InChI is InChI=1S/C16H26N2O2/c1-11(17)16-14(5-4-6-15(16)20-3)18-9-7-13(8-10-18)12(2)19/h4-6,11-13,19H,7-10,17H2,1-3H3/t11-,12?/m1/s1. The van der Waals surface area contributed by atoms with E-state index in [1.807, 2.05) is 26.0 Å². The van der Waals surface area contributed by atoms with Crippen molar-refractivity contribution in [3.8, 4) is 5.75 Å². The summed E-state index contributed by atoms with van der Waals surface area (Å²) in [6.07, 6.45) is 1.83. The molecule has 4 heteroatoms. The molecule has 1 aromatic rings. The minimum Gasteiger partial charge on any atom is -0.496 e. The van der Waals surface area contributed by atoms with Crippen LogP contribution in [0, 0.1) is 5.92 Å². The molecule has 0 radical (unpaired) electrons. The lowest BCUT2D eigenvalue weighted by Crippen LogP contribution is -2.37. The third-order valence-electron chi connectivity index (χ3n) is 4.28. The average Bonchev–Trinajstić information content (AvgIpc) is 2.46. The van der Waals surface area contributed by atoms with Gasteiger partial charge in [-0.2, -0.15) is 0 Å². The Hall–Kier alpha value is -1.26. The molecule has 1 unspecified atom stereocenters. The van der Waals surface area contributed by atoms with E-state index in [-0.39, 0.29) is 12.1 Å². The van der Waals surface area contributed by atoms with Crippen LogP contribution in [0.15, 0.2) is 18.2 Å². The number of nitrogens with zero attached hydrogens (tertiary/aromatic N) is 1. The first kappa shape index (κ1) is 15.1. The van der Waals surface area contributed by atoms with Crippen molar-refractivity contribution in [1.82, 2.24) is 0 Å². The van der Waals surface area contributed by atoms with E-state index in [4.69, 9.17) is 10.5 Å². The summed E-state index contributed by atoms with van der Waals surface area (Å²) in [7, 11) is 1.69. The number of hydrogen-bond acceptors (Lipinski definition) is 4. The van der Waals surface area contributed by atoms with Gasteiger partial charge in [-0.15, -0.1) is 0 Å².